The van der Waals surface area contributed by atoms with Crippen molar-refractivity contribution in [2.45, 2.75) is 50.6 Å². The second-order valence-corrected chi connectivity index (χ2v) is 10.5. The van der Waals surface area contributed by atoms with Gasteiger partial charge >= 0.3 is 0 Å². The first-order chi connectivity index (χ1) is 16.6. The largest absolute Gasteiger partial charge is 0.309 e. The van der Waals surface area contributed by atoms with Gasteiger partial charge in [0.05, 0.1) is 4.90 Å². The highest BCUT2D eigenvalue weighted by Gasteiger charge is 2.32. The Morgan fingerprint density at radius 3 is 2.51 bits per heavy atom. The van der Waals surface area contributed by atoms with Gasteiger partial charge in [0.25, 0.3) is 0 Å². The van der Waals surface area contributed by atoms with E-state index in [1.54, 1.807) is 29.3 Å². The number of aromatic nitrogens is 1. The molecule has 0 bridgehead atoms. The van der Waals surface area contributed by atoms with Crippen LogP contribution in [-0.2, 0) is 32.5 Å². The van der Waals surface area contributed by atoms with Gasteiger partial charge in [-0.2, -0.15) is 4.72 Å². The molecule has 0 radical (unpaired) electrons. The molecule has 9 heteroatoms. The monoisotopic (exact) mass is 492 g/mol. The number of fused-ring (bicyclic) bond motifs is 1. The van der Waals surface area contributed by atoms with Crippen LogP contribution in [-0.4, -0.2) is 37.3 Å². The standard InChI is InChI=1S/C26H28N4O4S/c1-17-9-12-25(27-16-17)28-26(32)23(14-20-7-5-4-6-8-20)29-35(33,34)22-10-11-24-21(15-22)13-18(2)30(24)19(3)31/h4-12,15-16,18,23,29H,13-14H2,1-3H3,(H,27,28,32)/t18-,23-/m0/s1. The lowest BCUT2D eigenvalue weighted by Crippen LogP contribution is -2.45. The van der Waals surface area contributed by atoms with Crippen LogP contribution in [0.5, 0.6) is 0 Å². The zero-order chi connectivity index (χ0) is 25.2. The first-order valence-corrected chi connectivity index (χ1v) is 12.8. The summed E-state index contributed by atoms with van der Waals surface area (Å²) in [4.78, 5) is 31.1. The molecular formula is C26H28N4O4S. The van der Waals surface area contributed by atoms with Gasteiger partial charge in [-0.3, -0.25) is 9.59 Å². The second kappa shape index (κ2) is 9.97. The summed E-state index contributed by atoms with van der Waals surface area (Å²) in [7, 11) is -4.04. The fourth-order valence-electron chi connectivity index (χ4n) is 4.30. The van der Waals surface area contributed by atoms with E-state index >= 15 is 0 Å². The van der Waals surface area contributed by atoms with E-state index in [4.69, 9.17) is 0 Å². The number of amides is 2. The Hall–Kier alpha value is -3.56. The van der Waals surface area contributed by atoms with Crippen molar-refractivity contribution in [2.24, 2.45) is 0 Å². The molecule has 1 aliphatic heterocycles. The van der Waals surface area contributed by atoms with Gasteiger partial charge < -0.3 is 10.2 Å². The molecule has 0 unspecified atom stereocenters. The Kier molecular flexibility index (Phi) is 7.00. The average Bonchev–Trinajstić information content (AvgIpc) is 3.15. The third-order valence-electron chi connectivity index (χ3n) is 5.98. The number of hydrogen-bond donors (Lipinski definition) is 2. The van der Waals surface area contributed by atoms with Crippen molar-refractivity contribution in [3.05, 3.63) is 83.6 Å². The van der Waals surface area contributed by atoms with Gasteiger partial charge in [0.15, 0.2) is 0 Å². The molecule has 0 aliphatic carbocycles. The van der Waals surface area contributed by atoms with E-state index < -0.39 is 22.0 Å². The van der Waals surface area contributed by atoms with Crippen LogP contribution >= 0.6 is 0 Å². The van der Waals surface area contributed by atoms with Crippen LogP contribution in [0, 0.1) is 6.92 Å². The molecule has 3 aromatic rings. The van der Waals surface area contributed by atoms with E-state index in [1.165, 1.54) is 13.0 Å². The smallest absolute Gasteiger partial charge is 0.244 e. The average molecular weight is 493 g/mol. The minimum atomic E-state index is -4.04. The summed E-state index contributed by atoms with van der Waals surface area (Å²) >= 11 is 0. The van der Waals surface area contributed by atoms with Gasteiger partial charge in [-0.1, -0.05) is 36.4 Å². The molecule has 2 aromatic carbocycles. The molecular weight excluding hydrogens is 464 g/mol. The van der Waals surface area contributed by atoms with Crippen LogP contribution in [0.2, 0.25) is 0 Å². The number of nitrogens with one attached hydrogen (secondary N) is 2. The maximum absolute atomic E-state index is 13.3. The molecule has 0 spiro atoms. The Morgan fingerprint density at radius 1 is 1.11 bits per heavy atom. The summed E-state index contributed by atoms with van der Waals surface area (Å²) in [6, 6.07) is 16.3. The Bertz CT molecular complexity index is 1340. The Labute approximate surface area is 205 Å². The summed E-state index contributed by atoms with van der Waals surface area (Å²) in [6.07, 6.45) is 2.35. The fraction of sp³-hybridized carbons (Fsp3) is 0.269. The highest BCUT2D eigenvalue weighted by Crippen LogP contribution is 2.34. The lowest BCUT2D eigenvalue weighted by atomic mass is 10.1. The maximum atomic E-state index is 13.3. The van der Waals surface area contributed by atoms with Crippen molar-refractivity contribution in [1.29, 1.82) is 0 Å². The number of aryl methyl sites for hydroxylation is 1. The highest BCUT2D eigenvalue weighted by atomic mass is 32.2. The van der Waals surface area contributed by atoms with Crippen LogP contribution in [0.3, 0.4) is 0 Å². The summed E-state index contributed by atoms with van der Waals surface area (Å²) in [5.74, 6) is -0.255. The molecule has 182 valence electrons. The normalized spacial score (nSPS) is 16.0. The van der Waals surface area contributed by atoms with Gasteiger partial charge in [-0.15, -0.1) is 0 Å². The lowest BCUT2D eigenvalue weighted by Gasteiger charge is -2.21. The van der Waals surface area contributed by atoms with Crippen molar-refractivity contribution in [3.8, 4) is 0 Å². The molecule has 2 amide bonds. The van der Waals surface area contributed by atoms with Gasteiger partial charge in [0.2, 0.25) is 21.8 Å². The Morgan fingerprint density at radius 2 is 1.86 bits per heavy atom. The van der Waals surface area contributed by atoms with E-state index in [1.807, 2.05) is 50.2 Å². The van der Waals surface area contributed by atoms with Gasteiger partial charge in [0.1, 0.15) is 11.9 Å². The van der Waals surface area contributed by atoms with Gasteiger partial charge in [-0.25, -0.2) is 13.4 Å². The number of benzene rings is 2. The maximum Gasteiger partial charge on any atom is 0.244 e. The first kappa shape index (κ1) is 24.6. The molecule has 1 aliphatic rings. The minimum absolute atomic E-state index is 0.0490. The molecule has 1 aromatic heterocycles. The first-order valence-electron chi connectivity index (χ1n) is 11.4. The quantitative estimate of drug-likeness (QED) is 0.527. The number of anilines is 2. The van der Waals surface area contributed by atoms with Crippen molar-refractivity contribution >= 4 is 33.3 Å². The summed E-state index contributed by atoms with van der Waals surface area (Å²) < 4.78 is 29.3. The number of hydrogen-bond acceptors (Lipinski definition) is 5. The molecule has 4 rings (SSSR count). The van der Waals surface area contributed by atoms with Crippen LogP contribution in [0.25, 0.3) is 0 Å². The van der Waals surface area contributed by atoms with E-state index in [9.17, 15) is 18.0 Å². The third kappa shape index (κ3) is 5.58. The molecule has 2 heterocycles. The molecule has 0 saturated heterocycles. The summed E-state index contributed by atoms with van der Waals surface area (Å²) in [6.45, 7) is 5.30. The number of nitrogens with zero attached hydrogens (tertiary/aromatic N) is 2. The number of carbonyl (C=O) groups is 2. The van der Waals surface area contributed by atoms with E-state index in [-0.39, 0.29) is 23.3 Å². The predicted octanol–water partition coefficient (Wildman–Crippen LogP) is 3.22. The van der Waals surface area contributed by atoms with Crippen molar-refractivity contribution < 1.29 is 18.0 Å². The molecule has 0 fully saturated rings. The van der Waals surface area contributed by atoms with Crippen LogP contribution in [0.4, 0.5) is 11.5 Å². The summed E-state index contributed by atoms with van der Waals surface area (Å²) in [5.41, 5.74) is 3.25. The highest BCUT2D eigenvalue weighted by molar-refractivity contribution is 7.89. The lowest BCUT2D eigenvalue weighted by molar-refractivity contribution is -0.118. The summed E-state index contributed by atoms with van der Waals surface area (Å²) in [5, 5.41) is 2.71. The molecule has 8 nitrogen and oxygen atoms in total. The predicted molar refractivity (Wildman–Crippen MR) is 135 cm³/mol. The van der Waals surface area contributed by atoms with Crippen molar-refractivity contribution in [3.63, 3.8) is 0 Å². The molecule has 2 N–H and O–H groups in total. The fourth-order valence-corrected chi connectivity index (χ4v) is 5.55. The van der Waals surface area contributed by atoms with Gasteiger partial charge in [0, 0.05) is 24.8 Å². The zero-order valence-corrected chi connectivity index (χ0v) is 20.7. The minimum Gasteiger partial charge on any atom is -0.309 e. The number of sulfonamides is 1. The van der Waals surface area contributed by atoms with E-state index in [2.05, 4.69) is 15.0 Å². The third-order valence-corrected chi connectivity index (χ3v) is 7.44. The second-order valence-electron chi connectivity index (χ2n) is 8.81. The Balaban J connectivity index is 1.60. The van der Waals surface area contributed by atoms with E-state index in [0.717, 1.165) is 16.7 Å². The molecule has 2 atom stereocenters. The van der Waals surface area contributed by atoms with Crippen LogP contribution in [0.15, 0.2) is 71.8 Å². The number of rotatable bonds is 7. The zero-order valence-electron chi connectivity index (χ0n) is 19.9. The van der Waals surface area contributed by atoms with Crippen molar-refractivity contribution in [1.82, 2.24) is 9.71 Å². The van der Waals surface area contributed by atoms with Gasteiger partial charge in [-0.05, 0) is 67.6 Å². The number of carbonyl (C=O) groups excluding carboxylic acids is 2. The molecule has 0 saturated carbocycles. The van der Waals surface area contributed by atoms with Crippen LogP contribution in [0.1, 0.15) is 30.5 Å². The SMILES string of the molecule is CC(=O)N1c2ccc(S(=O)(=O)N[C@@H](Cc3ccccc3)C(=O)Nc3ccc(C)cn3)cc2C[C@@H]1C. The molecule has 35 heavy (non-hydrogen) atoms. The van der Waals surface area contributed by atoms with Crippen molar-refractivity contribution in [2.75, 3.05) is 10.2 Å². The van der Waals surface area contributed by atoms with Crippen LogP contribution < -0.4 is 14.9 Å². The number of pyridine rings is 1. The van der Waals surface area contributed by atoms with E-state index in [0.29, 0.717) is 17.9 Å². The topological polar surface area (TPSA) is 108 Å².